The molecule has 0 aromatic carbocycles. The molecule has 0 unspecified atom stereocenters. The van der Waals surface area contributed by atoms with E-state index >= 15 is 0 Å². The summed E-state index contributed by atoms with van der Waals surface area (Å²) in [5.74, 6) is 1.25. The van der Waals surface area contributed by atoms with Gasteiger partial charge in [-0.2, -0.15) is 0 Å². The predicted molar refractivity (Wildman–Crippen MR) is 55.1 cm³/mol. The molecule has 4 heteroatoms. The van der Waals surface area contributed by atoms with Crippen LogP contribution < -0.4 is 10.6 Å². The number of pyridine rings is 1. The fraction of sp³-hybridized carbons (Fsp3) is 0.400. The average Bonchev–Trinajstić information content (AvgIpc) is 2.21. The minimum Gasteiger partial charge on any atom is -0.397 e. The molecule has 1 aliphatic rings. The van der Waals surface area contributed by atoms with E-state index < -0.39 is 0 Å². The number of carbonyl (C=O) groups excluding carboxylic acids is 1. The molecule has 74 valence electrons. The zero-order valence-electron chi connectivity index (χ0n) is 7.94. The van der Waals surface area contributed by atoms with Crippen molar-refractivity contribution in [2.75, 3.05) is 23.7 Å². The zero-order valence-corrected chi connectivity index (χ0v) is 7.94. The zero-order chi connectivity index (χ0) is 9.97. The number of hydrogen-bond donors (Lipinski definition) is 1. The summed E-state index contributed by atoms with van der Waals surface area (Å²) >= 11 is 0. The summed E-state index contributed by atoms with van der Waals surface area (Å²) in [7, 11) is 0. The smallest absolute Gasteiger partial charge is 0.136 e. The lowest BCUT2D eigenvalue weighted by molar-refractivity contribution is -0.119. The Morgan fingerprint density at radius 1 is 1.29 bits per heavy atom. The highest BCUT2D eigenvalue weighted by atomic mass is 16.1. The fourth-order valence-corrected chi connectivity index (χ4v) is 1.57. The van der Waals surface area contributed by atoms with Gasteiger partial charge in [-0.25, -0.2) is 4.98 Å². The minimum atomic E-state index is 0.344. The van der Waals surface area contributed by atoms with Gasteiger partial charge < -0.3 is 10.6 Å². The molecular weight excluding hydrogens is 178 g/mol. The molecule has 0 spiro atoms. The third-order valence-electron chi connectivity index (χ3n) is 2.42. The number of aromatic nitrogens is 1. The molecule has 1 fully saturated rings. The molecule has 0 atom stereocenters. The van der Waals surface area contributed by atoms with Gasteiger partial charge in [-0.3, -0.25) is 4.79 Å². The summed E-state index contributed by atoms with van der Waals surface area (Å²) in [6.45, 7) is 1.55. The van der Waals surface area contributed by atoms with Gasteiger partial charge >= 0.3 is 0 Å². The van der Waals surface area contributed by atoms with Crippen LogP contribution in [0.3, 0.4) is 0 Å². The van der Waals surface area contributed by atoms with Gasteiger partial charge in [0.1, 0.15) is 11.6 Å². The average molecular weight is 191 g/mol. The van der Waals surface area contributed by atoms with Crippen LogP contribution in [0.5, 0.6) is 0 Å². The number of Topliss-reactive ketones (excluding diaryl/α,β-unsaturated/α-hetero) is 1. The second-order valence-corrected chi connectivity index (χ2v) is 3.48. The van der Waals surface area contributed by atoms with Gasteiger partial charge in [0.25, 0.3) is 0 Å². The third kappa shape index (κ3) is 1.84. The Morgan fingerprint density at radius 3 is 2.57 bits per heavy atom. The van der Waals surface area contributed by atoms with Crippen LogP contribution in [0.1, 0.15) is 12.8 Å². The van der Waals surface area contributed by atoms with E-state index in [0.29, 0.717) is 24.3 Å². The number of piperidine rings is 1. The highest BCUT2D eigenvalue weighted by Gasteiger charge is 2.16. The summed E-state index contributed by atoms with van der Waals surface area (Å²) in [4.78, 5) is 17.4. The van der Waals surface area contributed by atoms with Crippen LogP contribution in [0.25, 0.3) is 0 Å². The highest BCUT2D eigenvalue weighted by Crippen LogP contribution is 2.16. The molecular formula is C10H13N3O. The van der Waals surface area contributed by atoms with E-state index in [9.17, 15) is 4.79 Å². The van der Waals surface area contributed by atoms with Crippen LogP contribution in [-0.4, -0.2) is 23.9 Å². The van der Waals surface area contributed by atoms with Crippen molar-refractivity contribution in [2.24, 2.45) is 0 Å². The van der Waals surface area contributed by atoms with Crippen molar-refractivity contribution in [3.8, 4) is 0 Å². The van der Waals surface area contributed by atoms with Gasteiger partial charge in [0.2, 0.25) is 0 Å². The Kier molecular flexibility index (Phi) is 2.35. The van der Waals surface area contributed by atoms with Crippen molar-refractivity contribution in [2.45, 2.75) is 12.8 Å². The van der Waals surface area contributed by atoms with Crippen molar-refractivity contribution in [1.29, 1.82) is 0 Å². The standard InChI is InChI=1S/C10H13N3O/c11-8-1-2-10(12-7-8)13-5-3-9(14)4-6-13/h1-2,7H,3-6,11H2. The van der Waals surface area contributed by atoms with Crippen molar-refractivity contribution < 1.29 is 4.79 Å². The molecule has 0 aliphatic carbocycles. The molecule has 2 rings (SSSR count). The van der Waals surface area contributed by atoms with Crippen LogP contribution in [0.2, 0.25) is 0 Å². The molecule has 1 aromatic heterocycles. The van der Waals surface area contributed by atoms with Gasteiger partial charge in [-0.1, -0.05) is 0 Å². The van der Waals surface area contributed by atoms with Crippen LogP contribution in [0.15, 0.2) is 18.3 Å². The SMILES string of the molecule is Nc1ccc(N2CCC(=O)CC2)nc1. The van der Waals surface area contributed by atoms with Crippen LogP contribution in [-0.2, 0) is 4.79 Å². The quantitative estimate of drug-likeness (QED) is 0.714. The molecule has 1 aromatic rings. The number of nitrogens with zero attached hydrogens (tertiary/aromatic N) is 2. The lowest BCUT2D eigenvalue weighted by atomic mass is 10.1. The highest BCUT2D eigenvalue weighted by molar-refractivity contribution is 5.80. The first-order valence-corrected chi connectivity index (χ1v) is 4.74. The van der Waals surface area contributed by atoms with Crippen molar-refractivity contribution >= 4 is 17.3 Å². The summed E-state index contributed by atoms with van der Waals surface area (Å²) in [6.07, 6.45) is 2.91. The number of ketones is 1. The van der Waals surface area contributed by atoms with E-state index in [-0.39, 0.29) is 0 Å². The van der Waals surface area contributed by atoms with Gasteiger partial charge in [0, 0.05) is 25.9 Å². The molecule has 0 saturated carbocycles. The summed E-state index contributed by atoms with van der Waals surface area (Å²) in [5, 5.41) is 0. The Balaban J connectivity index is 2.08. The van der Waals surface area contributed by atoms with E-state index in [0.717, 1.165) is 18.9 Å². The third-order valence-corrected chi connectivity index (χ3v) is 2.42. The fourth-order valence-electron chi connectivity index (χ4n) is 1.57. The molecule has 14 heavy (non-hydrogen) atoms. The van der Waals surface area contributed by atoms with Crippen molar-refractivity contribution in [3.05, 3.63) is 18.3 Å². The number of rotatable bonds is 1. The summed E-state index contributed by atoms with van der Waals surface area (Å²) < 4.78 is 0. The number of nitrogen functional groups attached to an aromatic ring is 1. The van der Waals surface area contributed by atoms with Gasteiger partial charge in [-0.05, 0) is 12.1 Å². The topological polar surface area (TPSA) is 59.2 Å². The van der Waals surface area contributed by atoms with Crippen LogP contribution >= 0.6 is 0 Å². The van der Waals surface area contributed by atoms with E-state index in [4.69, 9.17) is 5.73 Å². The number of hydrogen-bond acceptors (Lipinski definition) is 4. The molecule has 0 bridgehead atoms. The minimum absolute atomic E-state index is 0.344. The Hall–Kier alpha value is -1.58. The van der Waals surface area contributed by atoms with E-state index in [1.807, 2.05) is 12.1 Å². The largest absolute Gasteiger partial charge is 0.397 e. The van der Waals surface area contributed by atoms with E-state index in [1.165, 1.54) is 0 Å². The maximum absolute atomic E-state index is 11.0. The monoisotopic (exact) mass is 191 g/mol. The second kappa shape index (κ2) is 3.65. The first-order chi connectivity index (χ1) is 6.75. The molecule has 0 amide bonds. The second-order valence-electron chi connectivity index (χ2n) is 3.48. The molecule has 2 heterocycles. The lowest BCUT2D eigenvalue weighted by Gasteiger charge is -2.26. The van der Waals surface area contributed by atoms with Crippen molar-refractivity contribution in [1.82, 2.24) is 4.98 Å². The maximum atomic E-state index is 11.0. The van der Waals surface area contributed by atoms with Crippen LogP contribution in [0, 0.1) is 0 Å². The Bertz CT molecular complexity index is 324. The van der Waals surface area contributed by atoms with Crippen LogP contribution in [0.4, 0.5) is 11.5 Å². The van der Waals surface area contributed by atoms with Gasteiger partial charge in [0.15, 0.2) is 0 Å². The first-order valence-electron chi connectivity index (χ1n) is 4.74. The number of carbonyl (C=O) groups is 1. The molecule has 4 nitrogen and oxygen atoms in total. The number of anilines is 2. The first kappa shape index (κ1) is 8.99. The van der Waals surface area contributed by atoms with Gasteiger partial charge in [0.05, 0.1) is 11.9 Å². The van der Waals surface area contributed by atoms with Gasteiger partial charge in [-0.15, -0.1) is 0 Å². The predicted octanol–water partition coefficient (Wildman–Crippen LogP) is 0.833. The maximum Gasteiger partial charge on any atom is 0.136 e. The Morgan fingerprint density at radius 2 is 2.00 bits per heavy atom. The Labute approximate surface area is 82.7 Å². The molecule has 1 aliphatic heterocycles. The summed E-state index contributed by atoms with van der Waals surface area (Å²) in [5.41, 5.74) is 6.21. The molecule has 2 N–H and O–H groups in total. The van der Waals surface area contributed by atoms with E-state index in [2.05, 4.69) is 9.88 Å². The van der Waals surface area contributed by atoms with Crippen molar-refractivity contribution in [3.63, 3.8) is 0 Å². The van der Waals surface area contributed by atoms with E-state index in [1.54, 1.807) is 6.20 Å². The summed E-state index contributed by atoms with van der Waals surface area (Å²) in [6, 6.07) is 3.73. The normalized spacial score (nSPS) is 17.1. The number of nitrogens with two attached hydrogens (primary N) is 1. The molecule has 1 saturated heterocycles. The molecule has 0 radical (unpaired) electrons. The lowest BCUT2D eigenvalue weighted by Crippen LogP contribution is -2.34.